The van der Waals surface area contributed by atoms with E-state index in [2.05, 4.69) is 72.9 Å². The molecule has 0 aromatic heterocycles. The number of halogens is 1. The first-order chi connectivity index (χ1) is 6.95. The van der Waals surface area contributed by atoms with E-state index in [1.807, 2.05) is 0 Å². The first-order valence-electron chi connectivity index (χ1n) is 5.28. The van der Waals surface area contributed by atoms with Gasteiger partial charge in [-0.3, -0.25) is 4.90 Å². The molecule has 0 bridgehead atoms. The zero-order valence-electron chi connectivity index (χ0n) is 10.0. The van der Waals surface area contributed by atoms with E-state index < -0.39 is 0 Å². The molecule has 0 N–H and O–H groups in total. The first kappa shape index (κ1) is 12.7. The molecule has 1 aromatic carbocycles. The third-order valence-corrected chi connectivity index (χ3v) is 4.27. The lowest BCUT2D eigenvalue weighted by Gasteiger charge is -2.34. The van der Waals surface area contributed by atoms with Crippen molar-refractivity contribution in [2.24, 2.45) is 0 Å². The highest BCUT2D eigenvalue weighted by Crippen LogP contribution is 2.18. The Kier molecular flexibility index (Phi) is 4.35. The van der Waals surface area contributed by atoms with Crippen LogP contribution in [-0.2, 0) is 6.54 Å². The van der Waals surface area contributed by atoms with Gasteiger partial charge in [-0.1, -0.05) is 45.8 Å². The standard InChI is InChI=1S/C13H20BrN/c1-11-5-7-12(8-6-11)9-15(4)13(2,3)10-14/h5-8H,9-10H2,1-4H3. The monoisotopic (exact) mass is 269 g/mol. The maximum absolute atomic E-state index is 3.55. The second-order valence-corrected chi connectivity index (χ2v) is 5.35. The average Bonchev–Trinajstić information content (AvgIpc) is 2.21. The van der Waals surface area contributed by atoms with Gasteiger partial charge in [0.2, 0.25) is 0 Å². The molecule has 84 valence electrons. The molecule has 0 unspecified atom stereocenters. The van der Waals surface area contributed by atoms with Crippen molar-refractivity contribution in [3.63, 3.8) is 0 Å². The molecule has 0 saturated heterocycles. The number of alkyl halides is 1. The van der Waals surface area contributed by atoms with Gasteiger partial charge in [-0.15, -0.1) is 0 Å². The van der Waals surface area contributed by atoms with Gasteiger partial charge < -0.3 is 0 Å². The first-order valence-corrected chi connectivity index (χ1v) is 6.40. The number of hydrogen-bond donors (Lipinski definition) is 0. The van der Waals surface area contributed by atoms with Gasteiger partial charge in [0.25, 0.3) is 0 Å². The Morgan fingerprint density at radius 2 is 1.73 bits per heavy atom. The molecule has 0 amide bonds. The van der Waals surface area contributed by atoms with Gasteiger partial charge in [0.05, 0.1) is 0 Å². The second-order valence-electron chi connectivity index (χ2n) is 4.79. The van der Waals surface area contributed by atoms with Crippen LogP contribution in [0, 0.1) is 6.92 Å². The Morgan fingerprint density at radius 3 is 2.20 bits per heavy atom. The minimum Gasteiger partial charge on any atom is -0.296 e. The summed E-state index contributed by atoms with van der Waals surface area (Å²) in [5.41, 5.74) is 2.89. The lowest BCUT2D eigenvalue weighted by atomic mass is 10.1. The Morgan fingerprint density at radius 1 is 1.20 bits per heavy atom. The highest BCUT2D eigenvalue weighted by Gasteiger charge is 2.21. The van der Waals surface area contributed by atoms with Gasteiger partial charge >= 0.3 is 0 Å². The van der Waals surface area contributed by atoms with Crippen LogP contribution in [0.3, 0.4) is 0 Å². The Labute approximate surface area is 102 Å². The van der Waals surface area contributed by atoms with Crippen molar-refractivity contribution in [3.8, 4) is 0 Å². The number of nitrogens with zero attached hydrogens (tertiary/aromatic N) is 1. The van der Waals surface area contributed by atoms with E-state index in [0.29, 0.717) is 0 Å². The molecule has 1 nitrogen and oxygen atoms in total. The summed E-state index contributed by atoms with van der Waals surface area (Å²) in [5.74, 6) is 0. The predicted octanol–water partition coefficient (Wildman–Crippen LogP) is 3.60. The maximum atomic E-state index is 3.55. The Balaban J connectivity index is 2.66. The molecule has 0 aliphatic carbocycles. The fraction of sp³-hybridized carbons (Fsp3) is 0.538. The fourth-order valence-corrected chi connectivity index (χ4v) is 1.71. The predicted molar refractivity (Wildman–Crippen MR) is 70.5 cm³/mol. The number of aryl methyl sites for hydroxylation is 1. The maximum Gasteiger partial charge on any atom is 0.0250 e. The molecule has 1 rings (SSSR count). The van der Waals surface area contributed by atoms with Crippen LogP contribution in [0.2, 0.25) is 0 Å². The Bertz CT molecular complexity index is 303. The molecule has 0 spiro atoms. The van der Waals surface area contributed by atoms with Crippen LogP contribution in [0.25, 0.3) is 0 Å². The summed E-state index contributed by atoms with van der Waals surface area (Å²) in [6, 6.07) is 8.75. The van der Waals surface area contributed by atoms with Crippen LogP contribution >= 0.6 is 15.9 Å². The van der Waals surface area contributed by atoms with Crippen molar-refractivity contribution in [3.05, 3.63) is 35.4 Å². The molecule has 0 heterocycles. The molecule has 0 radical (unpaired) electrons. The summed E-state index contributed by atoms with van der Waals surface area (Å²) in [7, 11) is 2.17. The summed E-state index contributed by atoms with van der Waals surface area (Å²) in [6.45, 7) is 7.61. The molecule has 15 heavy (non-hydrogen) atoms. The summed E-state index contributed by atoms with van der Waals surface area (Å²) in [4.78, 5) is 2.37. The van der Waals surface area contributed by atoms with Gasteiger partial charge in [-0.25, -0.2) is 0 Å². The molecular formula is C13H20BrN. The number of hydrogen-bond acceptors (Lipinski definition) is 1. The highest BCUT2D eigenvalue weighted by molar-refractivity contribution is 9.09. The molecule has 0 aliphatic rings. The van der Waals surface area contributed by atoms with Gasteiger partial charge in [0.1, 0.15) is 0 Å². The average molecular weight is 270 g/mol. The molecule has 2 heteroatoms. The lowest BCUT2D eigenvalue weighted by molar-refractivity contribution is 0.173. The van der Waals surface area contributed by atoms with E-state index in [0.717, 1.165) is 11.9 Å². The molecular weight excluding hydrogens is 250 g/mol. The van der Waals surface area contributed by atoms with Crippen LogP contribution in [0.15, 0.2) is 24.3 Å². The topological polar surface area (TPSA) is 3.24 Å². The van der Waals surface area contributed by atoms with E-state index in [1.165, 1.54) is 11.1 Å². The highest BCUT2D eigenvalue weighted by atomic mass is 79.9. The van der Waals surface area contributed by atoms with Crippen molar-refractivity contribution in [2.75, 3.05) is 12.4 Å². The smallest absolute Gasteiger partial charge is 0.0250 e. The van der Waals surface area contributed by atoms with Gasteiger partial charge in [-0.2, -0.15) is 0 Å². The van der Waals surface area contributed by atoms with Crippen LogP contribution in [0.5, 0.6) is 0 Å². The SMILES string of the molecule is Cc1ccc(CN(C)C(C)(C)CBr)cc1. The van der Waals surface area contributed by atoms with Crippen molar-refractivity contribution in [2.45, 2.75) is 32.9 Å². The van der Waals surface area contributed by atoms with Crippen LogP contribution < -0.4 is 0 Å². The van der Waals surface area contributed by atoms with E-state index in [9.17, 15) is 0 Å². The molecule has 0 atom stereocenters. The van der Waals surface area contributed by atoms with Gasteiger partial charge in [-0.05, 0) is 33.4 Å². The minimum atomic E-state index is 0.199. The zero-order chi connectivity index (χ0) is 11.5. The van der Waals surface area contributed by atoms with E-state index in [4.69, 9.17) is 0 Å². The third kappa shape index (κ3) is 3.62. The van der Waals surface area contributed by atoms with E-state index >= 15 is 0 Å². The summed E-state index contributed by atoms with van der Waals surface area (Å²) < 4.78 is 0. The summed E-state index contributed by atoms with van der Waals surface area (Å²) >= 11 is 3.55. The van der Waals surface area contributed by atoms with Crippen molar-refractivity contribution < 1.29 is 0 Å². The van der Waals surface area contributed by atoms with E-state index in [-0.39, 0.29) is 5.54 Å². The second kappa shape index (κ2) is 5.13. The number of benzene rings is 1. The quantitative estimate of drug-likeness (QED) is 0.756. The largest absolute Gasteiger partial charge is 0.296 e. The van der Waals surface area contributed by atoms with Crippen molar-refractivity contribution in [1.82, 2.24) is 4.90 Å². The molecule has 0 fully saturated rings. The van der Waals surface area contributed by atoms with Gasteiger partial charge in [0.15, 0.2) is 0 Å². The summed E-state index contributed by atoms with van der Waals surface area (Å²) in [6.07, 6.45) is 0. The fourth-order valence-electron chi connectivity index (χ4n) is 1.28. The zero-order valence-corrected chi connectivity index (χ0v) is 11.6. The third-order valence-electron chi connectivity index (χ3n) is 2.90. The van der Waals surface area contributed by atoms with Crippen LogP contribution in [0.4, 0.5) is 0 Å². The van der Waals surface area contributed by atoms with E-state index in [1.54, 1.807) is 0 Å². The normalized spacial score (nSPS) is 12.1. The minimum absolute atomic E-state index is 0.199. The molecule has 0 aliphatic heterocycles. The van der Waals surface area contributed by atoms with Crippen molar-refractivity contribution in [1.29, 1.82) is 0 Å². The molecule has 1 aromatic rings. The molecule has 0 saturated carbocycles. The summed E-state index contributed by atoms with van der Waals surface area (Å²) in [5, 5.41) is 0.988. The lowest BCUT2D eigenvalue weighted by Crippen LogP contribution is -2.41. The Hall–Kier alpha value is -0.340. The van der Waals surface area contributed by atoms with Crippen LogP contribution in [0.1, 0.15) is 25.0 Å². The van der Waals surface area contributed by atoms with Crippen molar-refractivity contribution >= 4 is 15.9 Å². The number of rotatable bonds is 4. The van der Waals surface area contributed by atoms with Crippen LogP contribution in [-0.4, -0.2) is 22.8 Å². The van der Waals surface area contributed by atoms with Gasteiger partial charge in [0, 0.05) is 17.4 Å².